The maximum Gasteiger partial charge on any atom is 0.331 e. The average Bonchev–Trinajstić information content (AvgIpc) is 3.01. The standard InChI is InChI=1S/C27H28N2O5/c1-27(2,3)20-12-8-17(9-13-20)25(31)29-23-16-19(26(32)33)6-5-7-22(23)28-24(30)18-10-14-21(34-4)15-11-18/h5,7-16H,6H2,1-4H3,(H,28,30)(H,29,31)(H,32,33). The third kappa shape index (κ3) is 6.01. The Balaban J connectivity index is 1.91. The van der Waals surface area contributed by atoms with Gasteiger partial charge in [-0.3, -0.25) is 9.59 Å². The first kappa shape index (κ1) is 24.5. The SMILES string of the molecule is COc1ccc(C(=O)NC2=C(NC(=O)c3ccc(C(C)(C)C)cc3)C=C(C(=O)O)CC=C2)cc1. The molecule has 0 radical (unpaired) electrons. The van der Waals surface area contributed by atoms with Crippen molar-refractivity contribution in [2.75, 3.05) is 7.11 Å². The summed E-state index contributed by atoms with van der Waals surface area (Å²) in [6.07, 6.45) is 4.73. The molecule has 3 rings (SSSR count). The predicted octanol–water partition coefficient (Wildman–Crippen LogP) is 4.34. The number of benzene rings is 2. The largest absolute Gasteiger partial charge is 0.497 e. The molecule has 2 amide bonds. The molecule has 1 aliphatic rings. The molecule has 7 nitrogen and oxygen atoms in total. The quantitative estimate of drug-likeness (QED) is 0.595. The van der Waals surface area contributed by atoms with Gasteiger partial charge in [0, 0.05) is 16.7 Å². The molecule has 0 bridgehead atoms. The predicted molar refractivity (Wildman–Crippen MR) is 130 cm³/mol. The van der Waals surface area contributed by atoms with Crippen molar-refractivity contribution in [2.45, 2.75) is 32.6 Å². The highest BCUT2D eigenvalue weighted by atomic mass is 16.5. The molecular weight excluding hydrogens is 432 g/mol. The van der Waals surface area contributed by atoms with E-state index in [1.54, 1.807) is 48.6 Å². The summed E-state index contributed by atoms with van der Waals surface area (Å²) >= 11 is 0. The third-order valence-corrected chi connectivity index (χ3v) is 5.37. The fourth-order valence-corrected chi connectivity index (χ4v) is 3.32. The Morgan fingerprint density at radius 2 is 1.38 bits per heavy atom. The zero-order valence-electron chi connectivity index (χ0n) is 19.6. The number of nitrogens with one attached hydrogen (secondary N) is 2. The summed E-state index contributed by atoms with van der Waals surface area (Å²) in [7, 11) is 1.54. The summed E-state index contributed by atoms with van der Waals surface area (Å²) in [5.74, 6) is -1.31. The summed E-state index contributed by atoms with van der Waals surface area (Å²) in [6, 6.07) is 13.8. The van der Waals surface area contributed by atoms with Gasteiger partial charge >= 0.3 is 5.97 Å². The Kier molecular flexibility index (Phi) is 7.36. The van der Waals surface area contributed by atoms with Gasteiger partial charge in [-0.2, -0.15) is 0 Å². The number of methoxy groups -OCH3 is 1. The van der Waals surface area contributed by atoms with E-state index >= 15 is 0 Å². The van der Waals surface area contributed by atoms with Gasteiger partial charge in [-0.25, -0.2) is 4.79 Å². The molecule has 0 aromatic heterocycles. The maximum atomic E-state index is 13.0. The molecule has 0 heterocycles. The van der Waals surface area contributed by atoms with Crippen molar-refractivity contribution in [1.82, 2.24) is 10.6 Å². The van der Waals surface area contributed by atoms with E-state index in [-0.39, 0.29) is 28.8 Å². The van der Waals surface area contributed by atoms with E-state index in [0.29, 0.717) is 16.9 Å². The minimum absolute atomic E-state index is 0.0539. The number of allylic oxidation sites excluding steroid dienone is 3. The van der Waals surface area contributed by atoms with Gasteiger partial charge in [-0.15, -0.1) is 0 Å². The number of carboxylic acid groups (broad SMARTS) is 1. The van der Waals surface area contributed by atoms with Crippen molar-refractivity contribution in [1.29, 1.82) is 0 Å². The normalized spacial score (nSPS) is 13.6. The van der Waals surface area contributed by atoms with Crippen LogP contribution >= 0.6 is 0 Å². The monoisotopic (exact) mass is 460 g/mol. The van der Waals surface area contributed by atoms with Gasteiger partial charge in [-0.1, -0.05) is 39.0 Å². The zero-order valence-corrected chi connectivity index (χ0v) is 19.6. The van der Waals surface area contributed by atoms with Gasteiger partial charge in [0.05, 0.1) is 18.5 Å². The molecule has 7 heteroatoms. The number of carboxylic acids is 1. The van der Waals surface area contributed by atoms with Crippen LogP contribution in [0.1, 0.15) is 53.5 Å². The number of hydrogen-bond acceptors (Lipinski definition) is 4. The Morgan fingerprint density at radius 1 is 0.853 bits per heavy atom. The van der Waals surface area contributed by atoms with Gasteiger partial charge in [0.25, 0.3) is 11.8 Å². The van der Waals surface area contributed by atoms with Crippen molar-refractivity contribution < 1.29 is 24.2 Å². The van der Waals surface area contributed by atoms with E-state index in [0.717, 1.165) is 5.56 Å². The molecule has 0 aliphatic heterocycles. The van der Waals surface area contributed by atoms with Gasteiger partial charge in [0.1, 0.15) is 5.75 Å². The minimum Gasteiger partial charge on any atom is -0.497 e. The fourth-order valence-electron chi connectivity index (χ4n) is 3.32. The Labute approximate surface area is 198 Å². The molecule has 2 aromatic carbocycles. The van der Waals surface area contributed by atoms with Crippen LogP contribution in [0.2, 0.25) is 0 Å². The Hall–Kier alpha value is -4.13. The first-order valence-electron chi connectivity index (χ1n) is 10.8. The number of ether oxygens (including phenoxy) is 1. The Bertz CT molecular complexity index is 1180. The molecule has 0 fully saturated rings. The highest BCUT2D eigenvalue weighted by Crippen LogP contribution is 2.23. The van der Waals surface area contributed by atoms with Crippen molar-refractivity contribution in [3.63, 3.8) is 0 Å². The van der Waals surface area contributed by atoms with E-state index < -0.39 is 17.8 Å². The van der Waals surface area contributed by atoms with E-state index in [1.807, 2.05) is 12.1 Å². The first-order chi connectivity index (χ1) is 16.1. The Morgan fingerprint density at radius 3 is 1.88 bits per heavy atom. The van der Waals surface area contributed by atoms with Gasteiger partial charge in [0.15, 0.2) is 0 Å². The third-order valence-electron chi connectivity index (χ3n) is 5.37. The fraction of sp³-hybridized carbons (Fsp3) is 0.222. The highest BCUT2D eigenvalue weighted by Gasteiger charge is 2.19. The van der Waals surface area contributed by atoms with E-state index in [9.17, 15) is 19.5 Å². The minimum atomic E-state index is -1.10. The van der Waals surface area contributed by atoms with E-state index in [4.69, 9.17) is 4.74 Å². The second-order valence-corrected chi connectivity index (χ2v) is 8.87. The lowest BCUT2D eigenvalue weighted by atomic mass is 9.87. The van der Waals surface area contributed by atoms with Crippen molar-refractivity contribution in [3.05, 3.63) is 100 Å². The smallest absolute Gasteiger partial charge is 0.331 e. The molecule has 176 valence electrons. The molecule has 1 aliphatic carbocycles. The van der Waals surface area contributed by atoms with Crippen molar-refractivity contribution >= 4 is 17.8 Å². The lowest BCUT2D eigenvalue weighted by molar-refractivity contribution is -0.132. The van der Waals surface area contributed by atoms with Crippen molar-refractivity contribution in [3.8, 4) is 5.75 Å². The summed E-state index contributed by atoms with van der Waals surface area (Å²) in [5.41, 5.74) is 2.40. The first-order valence-corrected chi connectivity index (χ1v) is 10.8. The van der Waals surface area contributed by atoms with E-state index in [1.165, 1.54) is 13.2 Å². The molecule has 0 saturated carbocycles. The van der Waals surface area contributed by atoms with Crippen LogP contribution in [0.4, 0.5) is 0 Å². The van der Waals surface area contributed by atoms with E-state index in [2.05, 4.69) is 31.4 Å². The van der Waals surface area contributed by atoms with Crippen LogP contribution in [0.3, 0.4) is 0 Å². The number of carbonyl (C=O) groups excluding carboxylic acids is 2. The molecule has 34 heavy (non-hydrogen) atoms. The summed E-state index contributed by atoms with van der Waals surface area (Å²) < 4.78 is 5.12. The van der Waals surface area contributed by atoms with Gasteiger partial charge < -0.3 is 20.5 Å². The van der Waals surface area contributed by atoms with Crippen LogP contribution in [-0.2, 0) is 10.2 Å². The molecule has 2 aromatic rings. The molecule has 3 N–H and O–H groups in total. The molecular formula is C27H28N2O5. The topological polar surface area (TPSA) is 105 Å². The maximum absolute atomic E-state index is 13.0. The lowest BCUT2D eigenvalue weighted by Gasteiger charge is -2.19. The zero-order chi connectivity index (χ0) is 24.9. The molecule has 0 spiro atoms. The molecule has 0 unspecified atom stereocenters. The second kappa shape index (κ2) is 10.2. The number of amides is 2. The average molecular weight is 461 g/mol. The lowest BCUT2D eigenvalue weighted by Crippen LogP contribution is -2.29. The number of rotatable bonds is 6. The highest BCUT2D eigenvalue weighted by molar-refractivity contribution is 5.98. The van der Waals surface area contributed by atoms with Crippen LogP contribution in [-0.4, -0.2) is 30.0 Å². The molecule has 0 saturated heterocycles. The van der Waals surface area contributed by atoms with Crippen LogP contribution in [0.25, 0.3) is 0 Å². The van der Waals surface area contributed by atoms with Crippen LogP contribution in [0.15, 0.2) is 83.7 Å². The van der Waals surface area contributed by atoms with Gasteiger partial charge in [0.2, 0.25) is 0 Å². The van der Waals surface area contributed by atoms with Crippen LogP contribution < -0.4 is 15.4 Å². The summed E-state index contributed by atoms with van der Waals surface area (Å²) in [6.45, 7) is 6.25. The molecule has 0 atom stereocenters. The summed E-state index contributed by atoms with van der Waals surface area (Å²) in [5, 5.41) is 15.0. The number of hydrogen-bond donors (Lipinski definition) is 3. The second-order valence-electron chi connectivity index (χ2n) is 8.87. The van der Waals surface area contributed by atoms with Crippen molar-refractivity contribution in [2.24, 2.45) is 0 Å². The van der Waals surface area contributed by atoms with Crippen LogP contribution in [0, 0.1) is 0 Å². The summed E-state index contributed by atoms with van der Waals surface area (Å²) in [4.78, 5) is 37.4. The number of aliphatic carboxylic acids is 1. The van der Waals surface area contributed by atoms with Crippen LogP contribution in [0.5, 0.6) is 5.75 Å². The number of carbonyl (C=O) groups is 3. The van der Waals surface area contributed by atoms with Gasteiger partial charge in [-0.05, 0) is 65.9 Å².